The van der Waals surface area contributed by atoms with Crippen LogP contribution in [0.25, 0.3) is 0 Å². The summed E-state index contributed by atoms with van der Waals surface area (Å²) in [5.41, 5.74) is -0.156. The second-order valence-corrected chi connectivity index (χ2v) is 5.51. The molecule has 1 aliphatic carbocycles. The van der Waals surface area contributed by atoms with E-state index in [1.54, 1.807) is 24.3 Å². The highest BCUT2D eigenvalue weighted by atomic mass is 35.5. The molecule has 19 heavy (non-hydrogen) atoms. The van der Waals surface area contributed by atoms with Gasteiger partial charge in [-0.25, -0.2) is 0 Å². The molecule has 1 aromatic rings. The number of benzene rings is 1. The van der Waals surface area contributed by atoms with E-state index in [4.69, 9.17) is 11.6 Å². The number of amides is 1. The molecule has 3 nitrogen and oxygen atoms in total. The molecule has 1 aliphatic rings. The van der Waals surface area contributed by atoms with E-state index in [1.165, 1.54) is 0 Å². The van der Waals surface area contributed by atoms with Crippen molar-refractivity contribution in [2.24, 2.45) is 0 Å². The molecule has 0 aliphatic heterocycles. The fourth-order valence-corrected chi connectivity index (χ4v) is 2.61. The summed E-state index contributed by atoms with van der Waals surface area (Å²) in [5, 5.41) is 12.9. The first-order valence-electron chi connectivity index (χ1n) is 6.65. The van der Waals surface area contributed by atoms with Crippen molar-refractivity contribution in [1.29, 1.82) is 5.26 Å². The molecule has 1 fully saturated rings. The minimum atomic E-state index is -0.701. The summed E-state index contributed by atoms with van der Waals surface area (Å²) in [6.45, 7) is 0. The maximum atomic E-state index is 12.2. The first-order chi connectivity index (χ1) is 9.15. The van der Waals surface area contributed by atoms with Crippen LogP contribution in [0.3, 0.4) is 0 Å². The van der Waals surface area contributed by atoms with Crippen molar-refractivity contribution in [3.63, 3.8) is 0 Å². The summed E-state index contributed by atoms with van der Waals surface area (Å²) in [6, 6.07) is 9.04. The number of halogens is 1. The standard InChI is InChI=1S/C15H17ClN2O/c16-13-7-5-12(6-8-13)14(19)18-15(11-17)9-3-1-2-4-10-15/h5-8H,1-4,9-10H2,(H,18,19). The Hall–Kier alpha value is -1.53. The van der Waals surface area contributed by atoms with Gasteiger partial charge in [-0.2, -0.15) is 5.26 Å². The summed E-state index contributed by atoms with van der Waals surface area (Å²) in [7, 11) is 0. The second kappa shape index (κ2) is 6.08. The average molecular weight is 277 g/mol. The van der Waals surface area contributed by atoms with Crippen LogP contribution in [0, 0.1) is 11.3 Å². The highest BCUT2D eigenvalue weighted by Crippen LogP contribution is 2.27. The summed E-state index contributed by atoms with van der Waals surface area (Å²) < 4.78 is 0. The Balaban J connectivity index is 2.11. The van der Waals surface area contributed by atoms with Gasteiger partial charge in [-0.1, -0.05) is 37.3 Å². The summed E-state index contributed by atoms with van der Waals surface area (Å²) >= 11 is 5.80. The quantitative estimate of drug-likeness (QED) is 0.838. The van der Waals surface area contributed by atoms with Crippen LogP contribution in [0.2, 0.25) is 5.02 Å². The van der Waals surface area contributed by atoms with Crippen LogP contribution in [0.1, 0.15) is 48.9 Å². The zero-order valence-electron chi connectivity index (χ0n) is 10.8. The van der Waals surface area contributed by atoms with E-state index < -0.39 is 5.54 Å². The zero-order valence-corrected chi connectivity index (χ0v) is 11.5. The SMILES string of the molecule is N#CC1(NC(=O)c2ccc(Cl)cc2)CCCCCC1. The van der Waals surface area contributed by atoms with Crippen molar-refractivity contribution >= 4 is 17.5 Å². The van der Waals surface area contributed by atoms with Crippen molar-refractivity contribution in [2.45, 2.75) is 44.1 Å². The molecule has 4 heteroatoms. The first kappa shape index (κ1) is 13.9. The number of hydrogen-bond acceptors (Lipinski definition) is 2. The van der Waals surface area contributed by atoms with Crippen molar-refractivity contribution in [2.75, 3.05) is 0 Å². The van der Waals surface area contributed by atoms with E-state index in [9.17, 15) is 10.1 Å². The lowest BCUT2D eigenvalue weighted by atomic mass is 9.91. The third-order valence-electron chi connectivity index (χ3n) is 3.63. The van der Waals surface area contributed by atoms with Gasteiger partial charge in [0.1, 0.15) is 5.54 Å². The van der Waals surface area contributed by atoms with E-state index in [0.29, 0.717) is 10.6 Å². The monoisotopic (exact) mass is 276 g/mol. The molecular weight excluding hydrogens is 260 g/mol. The minimum Gasteiger partial charge on any atom is -0.334 e. The number of hydrogen-bond donors (Lipinski definition) is 1. The molecule has 0 bridgehead atoms. The third kappa shape index (κ3) is 3.48. The molecule has 0 radical (unpaired) electrons. The number of carbonyl (C=O) groups is 1. The molecule has 0 unspecified atom stereocenters. The first-order valence-corrected chi connectivity index (χ1v) is 7.02. The maximum Gasteiger partial charge on any atom is 0.252 e. The van der Waals surface area contributed by atoms with Crippen LogP contribution in [-0.4, -0.2) is 11.4 Å². The van der Waals surface area contributed by atoms with Crippen LogP contribution < -0.4 is 5.32 Å². The molecule has 0 saturated heterocycles. The van der Waals surface area contributed by atoms with Crippen LogP contribution in [0.5, 0.6) is 0 Å². The van der Waals surface area contributed by atoms with Gasteiger partial charge in [0.15, 0.2) is 0 Å². The molecule has 100 valence electrons. The van der Waals surface area contributed by atoms with Crippen LogP contribution in [0.4, 0.5) is 0 Å². The Bertz CT molecular complexity index is 482. The number of rotatable bonds is 2. The Morgan fingerprint density at radius 3 is 2.26 bits per heavy atom. The average Bonchev–Trinajstić information content (AvgIpc) is 2.65. The van der Waals surface area contributed by atoms with Gasteiger partial charge in [0.05, 0.1) is 6.07 Å². The minimum absolute atomic E-state index is 0.194. The predicted molar refractivity (Wildman–Crippen MR) is 75.0 cm³/mol. The number of carbonyl (C=O) groups excluding carboxylic acids is 1. The van der Waals surface area contributed by atoms with Gasteiger partial charge >= 0.3 is 0 Å². The van der Waals surface area contributed by atoms with Gasteiger partial charge in [0.25, 0.3) is 5.91 Å². The molecule has 0 heterocycles. The van der Waals surface area contributed by atoms with Crippen LogP contribution >= 0.6 is 11.6 Å². The highest BCUT2D eigenvalue weighted by Gasteiger charge is 2.32. The van der Waals surface area contributed by atoms with Gasteiger partial charge in [-0.15, -0.1) is 0 Å². The van der Waals surface area contributed by atoms with E-state index in [2.05, 4.69) is 11.4 Å². The number of nitrogens with zero attached hydrogens (tertiary/aromatic N) is 1. The van der Waals surface area contributed by atoms with Crippen molar-refractivity contribution in [3.05, 3.63) is 34.9 Å². The van der Waals surface area contributed by atoms with Crippen LogP contribution in [0.15, 0.2) is 24.3 Å². The van der Waals surface area contributed by atoms with Gasteiger partial charge in [-0.3, -0.25) is 4.79 Å². The molecule has 0 atom stereocenters. The fraction of sp³-hybridized carbons (Fsp3) is 0.467. The van der Waals surface area contributed by atoms with E-state index in [-0.39, 0.29) is 5.91 Å². The molecule has 1 amide bonds. The van der Waals surface area contributed by atoms with Gasteiger partial charge in [-0.05, 0) is 37.1 Å². The van der Waals surface area contributed by atoms with Gasteiger partial charge in [0.2, 0.25) is 0 Å². The molecule has 1 saturated carbocycles. The van der Waals surface area contributed by atoms with Gasteiger partial charge < -0.3 is 5.32 Å². The lowest BCUT2D eigenvalue weighted by Gasteiger charge is -2.26. The largest absolute Gasteiger partial charge is 0.334 e. The molecular formula is C15H17ClN2O. The smallest absolute Gasteiger partial charge is 0.252 e. The lowest BCUT2D eigenvalue weighted by molar-refractivity contribution is 0.0913. The summed E-state index contributed by atoms with van der Waals surface area (Å²) in [4.78, 5) is 12.2. The second-order valence-electron chi connectivity index (χ2n) is 5.07. The topological polar surface area (TPSA) is 52.9 Å². The molecule has 0 aromatic heterocycles. The van der Waals surface area contributed by atoms with E-state index in [1.807, 2.05) is 0 Å². The number of nitriles is 1. The van der Waals surface area contributed by atoms with Crippen molar-refractivity contribution < 1.29 is 4.79 Å². The predicted octanol–water partition coefficient (Wildman–Crippen LogP) is 3.69. The Morgan fingerprint density at radius 1 is 1.16 bits per heavy atom. The molecule has 1 N–H and O–H groups in total. The summed E-state index contributed by atoms with van der Waals surface area (Å²) in [5.74, 6) is -0.194. The third-order valence-corrected chi connectivity index (χ3v) is 3.88. The normalized spacial score (nSPS) is 18.1. The Morgan fingerprint density at radius 2 is 1.74 bits per heavy atom. The fourth-order valence-electron chi connectivity index (χ4n) is 2.49. The zero-order chi connectivity index (χ0) is 13.7. The maximum absolute atomic E-state index is 12.2. The Labute approximate surface area is 118 Å². The van der Waals surface area contributed by atoms with E-state index >= 15 is 0 Å². The highest BCUT2D eigenvalue weighted by molar-refractivity contribution is 6.30. The molecule has 0 spiro atoms. The van der Waals surface area contributed by atoms with E-state index in [0.717, 1.165) is 38.5 Å². The van der Waals surface area contributed by atoms with Crippen molar-refractivity contribution in [3.8, 4) is 6.07 Å². The Kier molecular flexibility index (Phi) is 4.44. The lowest BCUT2D eigenvalue weighted by Crippen LogP contribution is -2.47. The summed E-state index contributed by atoms with van der Waals surface area (Å²) in [6.07, 6.45) is 5.75. The number of nitrogens with one attached hydrogen (secondary N) is 1. The van der Waals surface area contributed by atoms with Gasteiger partial charge in [0, 0.05) is 10.6 Å². The molecule has 2 rings (SSSR count). The van der Waals surface area contributed by atoms with Crippen molar-refractivity contribution in [1.82, 2.24) is 5.32 Å². The molecule has 1 aromatic carbocycles. The van der Waals surface area contributed by atoms with Crippen LogP contribution in [-0.2, 0) is 0 Å².